The Bertz CT molecular complexity index is 404. The van der Waals surface area contributed by atoms with Crippen LogP contribution >= 0.6 is 11.6 Å². The Morgan fingerprint density at radius 3 is 2.43 bits per heavy atom. The Kier molecular flexibility index (Phi) is 5.02. The predicted molar refractivity (Wildman–Crippen MR) is 81.4 cm³/mol. The van der Waals surface area contributed by atoms with Gasteiger partial charge < -0.3 is 14.5 Å². The zero-order chi connectivity index (χ0) is 15.6. The standard InChI is InChI=1S/C15H25ClN2O3/c1-15(2,3)21-14(20)17-8-4-5-12(10-17)18(11-6-7-11)13(19)9-16/h11-12H,4-10H2,1-3H3. The van der Waals surface area contributed by atoms with Crippen LogP contribution in [0.5, 0.6) is 0 Å². The van der Waals surface area contributed by atoms with Crippen molar-refractivity contribution in [2.75, 3.05) is 19.0 Å². The number of piperidine rings is 1. The molecule has 0 aromatic rings. The van der Waals surface area contributed by atoms with E-state index < -0.39 is 5.60 Å². The topological polar surface area (TPSA) is 49.9 Å². The van der Waals surface area contributed by atoms with E-state index in [1.54, 1.807) is 4.90 Å². The van der Waals surface area contributed by atoms with Crippen LogP contribution in [0, 0.1) is 0 Å². The van der Waals surface area contributed by atoms with Crippen molar-refractivity contribution >= 4 is 23.6 Å². The van der Waals surface area contributed by atoms with Gasteiger partial charge in [-0.2, -0.15) is 0 Å². The number of alkyl halides is 1. The number of carbonyl (C=O) groups excluding carboxylic acids is 2. The lowest BCUT2D eigenvalue weighted by molar-refractivity contribution is -0.132. The van der Waals surface area contributed by atoms with Crippen molar-refractivity contribution in [3.8, 4) is 0 Å². The summed E-state index contributed by atoms with van der Waals surface area (Å²) in [6, 6.07) is 0.393. The van der Waals surface area contributed by atoms with Crippen molar-refractivity contribution in [3.05, 3.63) is 0 Å². The van der Waals surface area contributed by atoms with Gasteiger partial charge >= 0.3 is 6.09 Å². The van der Waals surface area contributed by atoms with Gasteiger partial charge in [-0.1, -0.05) is 0 Å². The summed E-state index contributed by atoms with van der Waals surface area (Å²) in [5.74, 6) is -0.00500. The van der Waals surface area contributed by atoms with Gasteiger partial charge in [-0.05, 0) is 46.5 Å². The number of amides is 2. The smallest absolute Gasteiger partial charge is 0.410 e. The number of nitrogens with zero attached hydrogens (tertiary/aromatic N) is 2. The van der Waals surface area contributed by atoms with Crippen LogP contribution in [0.4, 0.5) is 4.79 Å². The molecule has 2 fully saturated rings. The highest BCUT2D eigenvalue weighted by Crippen LogP contribution is 2.32. The molecular weight excluding hydrogens is 292 g/mol. The highest BCUT2D eigenvalue weighted by atomic mass is 35.5. The lowest BCUT2D eigenvalue weighted by Gasteiger charge is -2.39. The fourth-order valence-electron chi connectivity index (χ4n) is 2.80. The second-order valence-electron chi connectivity index (χ2n) is 6.89. The van der Waals surface area contributed by atoms with Crippen LogP contribution < -0.4 is 0 Å². The molecule has 2 aliphatic rings. The van der Waals surface area contributed by atoms with Crippen LogP contribution in [0.25, 0.3) is 0 Å². The van der Waals surface area contributed by atoms with Gasteiger partial charge in [-0.15, -0.1) is 11.6 Å². The van der Waals surface area contributed by atoms with Crippen LogP contribution in [-0.2, 0) is 9.53 Å². The summed E-state index contributed by atoms with van der Waals surface area (Å²) in [5.41, 5.74) is -0.494. The van der Waals surface area contributed by atoms with E-state index in [-0.39, 0.29) is 23.9 Å². The normalized spacial score (nSPS) is 22.9. The van der Waals surface area contributed by atoms with Crippen molar-refractivity contribution in [3.63, 3.8) is 0 Å². The van der Waals surface area contributed by atoms with Crippen molar-refractivity contribution in [2.24, 2.45) is 0 Å². The molecular formula is C15H25ClN2O3. The number of halogens is 1. The number of likely N-dealkylation sites (tertiary alicyclic amines) is 1. The molecule has 2 rings (SSSR count). The lowest BCUT2D eigenvalue weighted by atomic mass is 10.0. The largest absolute Gasteiger partial charge is 0.444 e. The number of ether oxygens (including phenoxy) is 1. The molecule has 0 radical (unpaired) electrons. The summed E-state index contributed by atoms with van der Waals surface area (Å²) in [7, 11) is 0. The van der Waals surface area contributed by atoms with Crippen LogP contribution in [-0.4, -0.2) is 58.5 Å². The minimum atomic E-state index is -0.494. The third-order valence-electron chi connectivity index (χ3n) is 3.78. The molecule has 5 nitrogen and oxygen atoms in total. The van der Waals surface area contributed by atoms with Crippen LogP contribution in [0.1, 0.15) is 46.5 Å². The van der Waals surface area contributed by atoms with E-state index in [4.69, 9.17) is 16.3 Å². The van der Waals surface area contributed by atoms with Gasteiger partial charge in [-0.25, -0.2) is 4.79 Å². The molecule has 1 heterocycles. The van der Waals surface area contributed by atoms with Gasteiger partial charge in [-0.3, -0.25) is 4.79 Å². The van der Waals surface area contributed by atoms with E-state index in [9.17, 15) is 9.59 Å². The van der Waals surface area contributed by atoms with Crippen LogP contribution in [0.2, 0.25) is 0 Å². The van der Waals surface area contributed by atoms with Crippen LogP contribution in [0.15, 0.2) is 0 Å². The van der Waals surface area contributed by atoms with E-state index in [1.807, 2.05) is 25.7 Å². The zero-order valence-corrected chi connectivity index (χ0v) is 13.9. The van der Waals surface area contributed by atoms with E-state index in [0.29, 0.717) is 19.1 Å². The molecule has 6 heteroatoms. The van der Waals surface area contributed by atoms with E-state index >= 15 is 0 Å². The first-order chi connectivity index (χ1) is 9.81. The lowest BCUT2D eigenvalue weighted by Crippen LogP contribution is -2.53. The quantitative estimate of drug-likeness (QED) is 0.752. The van der Waals surface area contributed by atoms with E-state index in [2.05, 4.69) is 0 Å². The molecule has 1 atom stereocenters. The summed E-state index contributed by atoms with van der Waals surface area (Å²) in [6.07, 6.45) is 3.62. The Morgan fingerprint density at radius 2 is 1.90 bits per heavy atom. The van der Waals surface area contributed by atoms with E-state index in [0.717, 1.165) is 25.7 Å². The van der Waals surface area contributed by atoms with Crippen molar-refractivity contribution in [1.29, 1.82) is 0 Å². The summed E-state index contributed by atoms with van der Waals surface area (Å²) in [5, 5.41) is 0. The second-order valence-corrected chi connectivity index (χ2v) is 7.16. The van der Waals surface area contributed by atoms with Gasteiger partial charge in [0.2, 0.25) is 5.91 Å². The molecule has 0 N–H and O–H groups in total. The maximum Gasteiger partial charge on any atom is 0.410 e. The van der Waals surface area contributed by atoms with Gasteiger partial charge in [0.05, 0.1) is 0 Å². The Hall–Kier alpha value is -0.970. The summed E-state index contributed by atoms with van der Waals surface area (Å²) >= 11 is 5.73. The molecule has 0 aromatic carbocycles. The third-order valence-corrected chi connectivity index (χ3v) is 4.01. The average molecular weight is 317 g/mol. The highest BCUT2D eigenvalue weighted by Gasteiger charge is 2.39. The highest BCUT2D eigenvalue weighted by molar-refractivity contribution is 6.27. The molecule has 1 aliphatic carbocycles. The van der Waals surface area contributed by atoms with Crippen molar-refractivity contribution in [1.82, 2.24) is 9.80 Å². The molecule has 1 aliphatic heterocycles. The third kappa shape index (κ3) is 4.50. The maximum absolute atomic E-state index is 12.2. The van der Waals surface area contributed by atoms with Crippen LogP contribution in [0.3, 0.4) is 0 Å². The van der Waals surface area contributed by atoms with Gasteiger partial charge in [0.15, 0.2) is 0 Å². The predicted octanol–water partition coefficient (Wildman–Crippen LogP) is 2.62. The molecule has 0 spiro atoms. The number of hydrogen-bond donors (Lipinski definition) is 0. The summed E-state index contributed by atoms with van der Waals surface area (Å²) < 4.78 is 5.43. The zero-order valence-electron chi connectivity index (χ0n) is 13.1. The van der Waals surface area contributed by atoms with Crippen molar-refractivity contribution in [2.45, 2.75) is 64.1 Å². The minimum Gasteiger partial charge on any atom is -0.444 e. The minimum absolute atomic E-state index is 0.0133. The first kappa shape index (κ1) is 16.4. The van der Waals surface area contributed by atoms with Crippen molar-refractivity contribution < 1.29 is 14.3 Å². The van der Waals surface area contributed by atoms with Gasteiger partial charge in [0, 0.05) is 25.2 Å². The summed E-state index contributed by atoms with van der Waals surface area (Å²) in [4.78, 5) is 27.9. The molecule has 1 unspecified atom stereocenters. The SMILES string of the molecule is CC(C)(C)OC(=O)N1CCCC(N(C(=O)CCl)C2CC2)C1. The molecule has 21 heavy (non-hydrogen) atoms. The fraction of sp³-hybridized carbons (Fsp3) is 0.867. The van der Waals surface area contributed by atoms with Gasteiger partial charge in [0.1, 0.15) is 11.5 Å². The molecule has 0 bridgehead atoms. The fourth-order valence-corrected chi connectivity index (χ4v) is 2.94. The molecule has 1 saturated heterocycles. The summed E-state index contributed by atoms with van der Waals surface area (Å²) in [6.45, 7) is 6.83. The maximum atomic E-state index is 12.2. The van der Waals surface area contributed by atoms with Gasteiger partial charge in [0.25, 0.3) is 0 Å². The Morgan fingerprint density at radius 1 is 1.24 bits per heavy atom. The van der Waals surface area contributed by atoms with E-state index in [1.165, 1.54) is 0 Å². The monoisotopic (exact) mass is 316 g/mol. The molecule has 1 saturated carbocycles. The number of carbonyl (C=O) groups is 2. The Labute approximate surface area is 131 Å². The molecule has 120 valence electrons. The number of hydrogen-bond acceptors (Lipinski definition) is 3. The second kappa shape index (κ2) is 6.42. The first-order valence-corrected chi connectivity index (χ1v) is 8.20. The first-order valence-electron chi connectivity index (χ1n) is 7.67. The number of rotatable bonds is 3. The molecule has 2 amide bonds. The average Bonchev–Trinajstić information content (AvgIpc) is 3.22. The molecule has 0 aromatic heterocycles. The Balaban J connectivity index is 1.99.